The highest BCUT2D eigenvalue weighted by molar-refractivity contribution is 5.79. The number of hydrogen-bond donors (Lipinski definition) is 2. The predicted molar refractivity (Wildman–Crippen MR) is 76.5 cm³/mol. The standard InChI is InChI=1S/C16H21NO3/c1-10-3-4-11(2)13(7-10)9-15(18)17-14-6-5-12(8-14)16(19)20/h3-4,7,12,14H,5-6,8-9H2,1-2H3,(H,17,18)(H,19,20)/t12-,14+/m0/s1. The van der Waals surface area contributed by atoms with E-state index in [0.29, 0.717) is 19.3 Å². The number of carboxylic acid groups (broad SMARTS) is 1. The molecule has 0 aliphatic heterocycles. The highest BCUT2D eigenvalue weighted by Gasteiger charge is 2.30. The van der Waals surface area contributed by atoms with Gasteiger partial charge in [-0.05, 0) is 44.2 Å². The zero-order valence-electron chi connectivity index (χ0n) is 12.0. The summed E-state index contributed by atoms with van der Waals surface area (Å²) in [5, 5.41) is 11.9. The highest BCUT2D eigenvalue weighted by atomic mass is 16.4. The van der Waals surface area contributed by atoms with Crippen molar-refractivity contribution in [2.24, 2.45) is 5.92 Å². The number of nitrogens with one attached hydrogen (secondary N) is 1. The van der Waals surface area contributed by atoms with Gasteiger partial charge in [0.2, 0.25) is 5.91 Å². The molecule has 4 nitrogen and oxygen atoms in total. The number of aliphatic carboxylic acids is 1. The Balaban J connectivity index is 1.90. The van der Waals surface area contributed by atoms with Crippen molar-refractivity contribution in [1.29, 1.82) is 0 Å². The van der Waals surface area contributed by atoms with E-state index >= 15 is 0 Å². The maximum absolute atomic E-state index is 12.0. The Kier molecular flexibility index (Phi) is 4.42. The molecular formula is C16H21NO3. The van der Waals surface area contributed by atoms with Crippen molar-refractivity contribution < 1.29 is 14.7 Å². The Bertz CT molecular complexity index is 524. The minimum atomic E-state index is -0.753. The zero-order valence-corrected chi connectivity index (χ0v) is 12.0. The summed E-state index contributed by atoms with van der Waals surface area (Å²) in [6.07, 6.45) is 2.33. The Morgan fingerprint density at radius 2 is 2.05 bits per heavy atom. The Labute approximate surface area is 119 Å². The van der Waals surface area contributed by atoms with Gasteiger partial charge in [0.15, 0.2) is 0 Å². The van der Waals surface area contributed by atoms with Crippen LogP contribution in [0.1, 0.15) is 36.0 Å². The lowest BCUT2D eigenvalue weighted by Gasteiger charge is -2.13. The van der Waals surface area contributed by atoms with Gasteiger partial charge in [0, 0.05) is 6.04 Å². The summed E-state index contributed by atoms with van der Waals surface area (Å²) < 4.78 is 0. The van der Waals surface area contributed by atoms with Crippen LogP contribution in [-0.2, 0) is 16.0 Å². The van der Waals surface area contributed by atoms with E-state index in [-0.39, 0.29) is 17.9 Å². The fourth-order valence-electron chi connectivity index (χ4n) is 2.78. The van der Waals surface area contributed by atoms with Crippen LogP contribution in [0.2, 0.25) is 0 Å². The molecule has 1 amide bonds. The van der Waals surface area contributed by atoms with E-state index < -0.39 is 5.97 Å². The quantitative estimate of drug-likeness (QED) is 0.885. The normalized spacial score (nSPS) is 21.7. The third-order valence-corrected chi connectivity index (χ3v) is 4.00. The number of aryl methyl sites for hydroxylation is 2. The first-order valence-corrected chi connectivity index (χ1v) is 7.04. The van der Waals surface area contributed by atoms with Crippen LogP contribution in [0.5, 0.6) is 0 Å². The first kappa shape index (κ1) is 14.6. The Hall–Kier alpha value is -1.84. The summed E-state index contributed by atoms with van der Waals surface area (Å²) in [6, 6.07) is 6.09. The van der Waals surface area contributed by atoms with Crippen molar-refractivity contribution in [2.45, 2.75) is 45.6 Å². The molecule has 0 unspecified atom stereocenters. The number of rotatable bonds is 4. The average molecular weight is 275 g/mol. The van der Waals surface area contributed by atoms with Gasteiger partial charge in [0.05, 0.1) is 12.3 Å². The Morgan fingerprint density at radius 3 is 2.70 bits per heavy atom. The molecule has 0 radical (unpaired) electrons. The molecule has 1 aromatic carbocycles. The highest BCUT2D eigenvalue weighted by Crippen LogP contribution is 2.25. The molecule has 0 spiro atoms. The van der Waals surface area contributed by atoms with Gasteiger partial charge < -0.3 is 10.4 Å². The molecule has 0 bridgehead atoms. The minimum absolute atomic E-state index is 0.00807. The van der Waals surface area contributed by atoms with Crippen LogP contribution in [0.25, 0.3) is 0 Å². The van der Waals surface area contributed by atoms with Gasteiger partial charge in [-0.25, -0.2) is 0 Å². The van der Waals surface area contributed by atoms with Crippen LogP contribution in [-0.4, -0.2) is 23.0 Å². The molecule has 1 saturated carbocycles. The van der Waals surface area contributed by atoms with E-state index in [4.69, 9.17) is 5.11 Å². The number of hydrogen-bond acceptors (Lipinski definition) is 2. The largest absolute Gasteiger partial charge is 0.481 e. The summed E-state index contributed by atoms with van der Waals surface area (Å²) in [6.45, 7) is 4.01. The number of carbonyl (C=O) groups excluding carboxylic acids is 1. The van der Waals surface area contributed by atoms with E-state index in [1.165, 1.54) is 0 Å². The molecule has 2 N–H and O–H groups in total. The van der Waals surface area contributed by atoms with Gasteiger partial charge in [-0.2, -0.15) is 0 Å². The molecule has 0 saturated heterocycles. The van der Waals surface area contributed by atoms with Gasteiger partial charge in [-0.15, -0.1) is 0 Å². The molecule has 1 aliphatic carbocycles. The fraction of sp³-hybridized carbons (Fsp3) is 0.500. The zero-order chi connectivity index (χ0) is 14.7. The van der Waals surface area contributed by atoms with E-state index in [1.807, 2.05) is 32.0 Å². The van der Waals surface area contributed by atoms with Gasteiger partial charge in [0.1, 0.15) is 0 Å². The van der Waals surface area contributed by atoms with Gasteiger partial charge in [-0.3, -0.25) is 9.59 Å². The van der Waals surface area contributed by atoms with Gasteiger partial charge in [0.25, 0.3) is 0 Å². The van der Waals surface area contributed by atoms with Crippen LogP contribution in [0.15, 0.2) is 18.2 Å². The van der Waals surface area contributed by atoms with Crippen molar-refractivity contribution in [3.05, 3.63) is 34.9 Å². The van der Waals surface area contributed by atoms with E-state index in [0.717, 1.165) is 23.1 Å². The van der Waals surface area contributed by atoms with E-state index in [1.54, 1.807) is 0 Å². The first-order chi connectivity index (χ1) is 9.45. The maximum Gasteiger partial charge on any atom is 0.306 e. The van der Waals surface area contributed by atoms with Crippen LogP contribution in [0.3, 0.4) is 0 Å². The number of carboxylic acids is 1. The second-order valence-electron chi connectivity index (χ2n) is 5.72. The Morgan fingerprint density at radius 1 is 1.30 bits per heavy atom. The summed E-state index contributed by atoms with van der Waals surface area (Å²) in [5.41, 5.74) is 3.29. The third kappa shape index (κ3) is 3.59. The third-order valence-electron chi connectivity index (χ3n) is 4.00. The van der Waals surface area contributed by atoms with Crippen molar-refractivity contribution in [3.63, 3.8) is 0 Å². The van der Waals surface area contributed by atoms with E-state index in [2.05, 4.69) is 5.32 Å². The first-order valence-electron chi connectivity index (χ1n) is 7.04. The second kappa shape index (κ2) is 6.07. The van der Waals surface area contributed by atoms with E-state index in [9.17, 15) is 9.59 Å². The molecule has 4 heteroatoms. The fourth-order valence-corrected chi connectivity index (χ4v) is 2.78. The molecule has 2 rings (SSSR count). The molecule has 1 aromatic rings. The van der Waals surface area contributed by atoms with Crippen molar-refractivity contribution in [3.8, 4) is 0 Å². The predicted octanol–water partition coefficient (Wildman–Crippen LogP) is 2.22. The van der Waals surface area contributed by atoms with Crippen LogP contribution < -0.4 is 5.32 Å². The number of benzene rings is 1. The van der Waals surface area contributed by atoms with Crippen molar-refractivity contribution in [2.75, 3.05) is 0 Å². The van der Waals surface area contributed by atoms with Crippen LogP contribution >= 0.6 is 0 Å². The lowest BCUT2D eigenvalue weighted by Crippen LogP contribution is -2.34. The molecule has 20 heavy (non-hydrogen) atoms. The molecule has 0 aromatic heterocycles. The summed E-state index contributed by atoms with van der Waals surface area (Å²) in [5.74, 6) is -1.08. The average Bonchev–Trinajstić information content (AvgIpc) is 2.82. The lowest BCUT2D eigenvalue weighted by atomic mass is 10.0. The molecule has 1 fully saturated rings. The van der Waals surface area contributed by atoms with Crippen LogP contribution in [0.4, 0.5) is 0 Å². The molecular weight excluding hydrogens is 254 g/mol. The molecule has 108 valence electrons. The van der Waals surface area contributed by atoms with Crippen molar-refractivity contribution >= 4 is 11.9 Å². The summed E-state index contributed by atoms with van der Waals surface area (Å²) in [4.78, 5) is 22.9. The minimum Gasteiger partial charge on any atom is -0.481 e. The molecule has 1 aliphatic rings. The molecule has 2 atom stereocenters. The monoisotopic (exact) mass is 275 g/mol. The lowest BCUT2D eigenvalue weighted by molar-refractivity contribution is -0.141. The second-order valence-corrected chi connectivity index (χ2v) is 5.72. The SMILES string of the molecule is Cc1ccc(C)c(CC(=O)N[C@@H]2CC[C@H](C(=O)O)C2)c1. The maximum atomic E-state index is 12.0. The summed E-state index contributed by atoms with van der Waals surface area (Å²) >= 11 is 0. The smallest absolute Gasteiger partial charge is 0.306 e. The van der Waals surface area contributed by atoms with Gasteiger partial charge in [-0.1, -0.05) is 23.8 Å². The molecule has 0 heterocycles. The topological polar surface area (TPSA) is 66.4 Å². The van der Waals surface area contributed by atoms with Crippen LogP contribution in [0, 0.1) is 19.8 Å². The van der Waals surface area contributed by atoms with Gasteiger partial charge >= 0.3 is 5.97 Å². The number of amides is 1. The summed E-state index contributed by atoms with van der Waals surface area (Å²) in [7, 11) is 0. The van der Waals surface area contributed by atoms with Crippen molar-refractivity contribution in [1.82, 2.24) is 5.32 Å². The number of carbonyl (C=O) groups is 2.